The monoisotopic (exact) mass is 323 g/mol. The van der Waals surface area contributed by atoms with Gasteiger partial charge in [0.2, 0.25) is 5.91 Å². The van der Waals surface area contributed by atoms with Crippen molar-refractivity contribution in [1.29, 1.82) is 0 Å². The van der Waals surface area contributed by atoms with E-state index in [1.165, 1.54) is 4.90 Å². The van der Waals surface area contributed by atoms with Gasteiger partial charge in [-0.15, -0.1) is 0 Å². The molecule has 0 aromatic carbocycles. The zero-order valence-corrected chi connectivity index (χ0v) is 13.4. The van der Waals surface area contributed by atoms with Gasteiger partial charge in [0.05, 0.1) is 0 Å². The van der Waals surface area contributed by atoms with Crippen LogP contribution in [-0.2, 0) is 9.59 Å². The van der Waals surface area contributed by atoms with Crippen molar-refractivity contribution in [2.75, 3.05) is 32.7 Å². The molecule has 3 fully saturated rings. The number of urea groups is 1. The molecule has 0 radical (unpaired) electrons. The molecule has 1 unspecified atom stereocenters. The Kier molecular flexibility index (Phi) is 4.73. The number of rotatable bonds is 2. The average Bonchev–Trinajstić information content (AvgIpc) is 3.24. The zero-order chi connectivity index (χ0) is 16.4. The zero-order valence-electron chi connectivity index (χ0n) is 13.4. The minimum absolute atomic E-state index is 0.0387. The lowest BCUT2D eigenvalue weighted by Crippen LogP contribution is -2.49. The van der Waals surface area contributed by atoms with Gasteiger partial charge in [0.25, 0.3) is 0 Å². The van der Waals surface area contributed by atoms with Crippen LogP contribution < -0.4 is 0 Å². The van der Waals surface area contributed by atoms with Gasteiger partial charge in [-0.05, 0) is 38.5 Å². The Morgan fingerprint density at radius 3 is 2.00 bits per heavy atom. The predicted octanol–water partition coefficient (Wildman–Crippen LogP) is 0.990. The van der Waals surface area contributed by atoms with Crippen LogP contribution in [-0.4, -0.2) is 76.5 Å². The minimum atomic E-state index is -0.905. The second-order valence-electron chi connectivity index (χ2n) is 6.77. The summed E-state index contributed by atoms with van der Waals surface area (Å²) >= 11 is 0. The molecule has 7 nitrogen and oxygen atoms in total. The van der Waals surface area contributed by atoms with Crippen LogP contribution in [0, 0.1) is 5.92 Å². The number of carbonyl (C=O) groups is 3. The highest BCUT2D eigenvalue weighted by molar-refractivity contribution is 5.86. The standard InChI is InChI=1S/C16H25N3O4/c20-14(19-9-3-4-13(19)15(21)22)12-5-10-18(11-6-12)16(23)17-7-1-2-8-17/h12-13H,1-11H2,(H,21,22). The maximum Gasteiger partial charge on any atom is 0.326 e. The highest BCUT2D eigenvalue weighted by Gasteiger charge is 2.38. The molecule has 0 spiro atoms. The molecule has 0 saturated carbocycles. The third kappa shape index (κ3) is 3.28. The van der Waals surface area contributed by atoms with E-state index in [2.05, 4.69) is 0 Å². The molecule has 23 heavy (non-hydrogen) atoms. The summed E-state index contributed by atoms with van der Waals surface area (Å²) in [7, 11) is 0. The smallest absolute Gasteiger partial charge is 0.326 e. The quantitative estimate of drug-likeness (QED) is 0.822. The van der Waals surface area contributed by atoms with Gasteiger partial charge in [0.1, 0.15) is 6.04 Å². The van der Waals surface area contributed by atoms with E-state index >= 15 is 0 Å². The number of likely N-dealkylation sites (tertiary alicyclic amines) is 3. The maximum atomic E-state index is 12.6. The van der Waals surface area contributed by atoms with E-state index in [0.29, 0.717) is 38.9 Å². The highest BCUT2D eigenvalue weighted by atomic mass is 16.4. The van der Waals surface area contributed by atoms with Gasteiger partial charge < -0.3 is 19.8 Å². The molecule has 3 aliphatic rings. The van der Waals surface area contributed by atoms with Crippen molar-refractivity contribution < 1.29 is 19.5 Å². The lowest BCUT2D eigenvalue weighted by molar-refractivity contribution is -0.150. The number of nitrogens with zero attached hydrogens (tertiary/aromatic N) is 3. The molecule has 0 bridgehead atoms. The van der Waals surface area contributed by atoms with Crippen LogP contribution in [0.3, 0.4) is 0 Å². The molecule has 0 aromatic heterocycles. The fourth-order valence-corrected chi connectivity index (χ4v) is 3.95. The summed E-state index contributed by atoms with van der Waals surface area (Å²) < 4.78 is 0. The van der Waals surface area contributed by atoms with E-state index in [-0.39, 0.29) is 17.9 Å². The number of aliphatic carboxylic acids is 1. The summed E-state index contributed by atoms with van der Waals surface area (Å²) in [6, 6.07) is -0.565. The molecule has 1 atom stereocenters. The van der Waals surface area contributed by atoms with Crippen molar-refractivity contribution in [2.24, 2.45) is 5.92 Å². The van der Waals surface area contributed by atoms with E-state index in [9.17, 15) is 19.5 Å². The van der Waals surface area contributed by atoms with Gasteiger partial charge in [0, 0.05) is 38.6 Å². The predicted molar refractivity (Wildman–Crippen MR) is 82.9 cm³/mol. The SMILES string of the molecule is O=C(O)C1CCCN1C(=O)C1CCN(C(=O)N2CCCC2)CC1. The normalized spacial score (nSPS) is 25.9. The van der Waals surface area contributed by atoms with E-state index < -0.39 is 12.0 Å². The molecule has 3 saturated heterocycles. The average molecular weight is 323 g/mol. The first kappa shape index (κ1) is 16.1. The van der Waals surface area contributed by atoms with Crippen LogP contribution in [0.2, 0.25) is 0 Å². The molecular formula is C16H25N3O4. The fourth-order valence-electron chi connectivity index (χ4n) is 3.95. The van der Waals surface area contributed by atoms with Gasteiger partial charge in [0.15, 0.2) is 0 Å². The summed E-state index contributed by atoms with van der Waals surface area (Å²) in [6.07, 6.45) is 4.74. The lowest BCUT2D eigenvalue weighted by Gasteiger charge is -2.35. The number of carbonyl (C=O) groups excluding carboxylic acids is 2. The van der Waals surface area contributed by atoms with Gasteiger partial charge >= 0.3 is 12.0 Å². The number of hydrogen-bond acceptors (Lipinski definition) is 3. The highest BCUT2D eigenvalue weighted by Crippen LogP contribution is 2.26. The molecule has 1 N–H and O–H groups in total. The van der Waals surface area contributed by atoms with Crippen molar-refractivity contribution >= 4 is 17.9 Å². The first-order valence-electron chi connectivity index (χ1n) is 8.65. The number of carboxylic acids is 1. The number of hydrogen-bond donors (Lipinski definition) is 1. The van der Waals surface area contributed by atoms with Gasteiger partial charge in [-0.3, -0.25) is 4.79 Å². The van der Waals surface area contributed by atoms with E-state index in [1.807, 2.05) is 9.80 Å². The lowest BCUT2D eigenvalue weighted by atomic mass is 9.95. The van der Waals surface area contributed by atoms with Crippen molar-refractivity contribution in [2.45, 2.75) is 44.6 Å². The number of amides is 3. The first-order valence-corrected chi connectivity index (χ1v) is 8.65. The van der Waals surface area contributed by atoms with Crippen molar-refractivity contribution in [3.63, 3.8) is 0 Å². The third-order valence-electron chi connectivity index (χ3n) is 5.31. The summed E-state index contributed by atoms with van der Waals surface area (Å²) in [5, 5.41) is 9.21. The van der Waals surface area contributed by atoms with Gasteiger partial charge in [-0.2, -0.15) is 0 Å². The molecular weight excluding hydrogens is 298 g/mol. The Labute approximate surface area is 136 Å². The minimum Gasteiger partial charge on any atom is -0.480 e. The maximum absolute atomic E-state index is 12.6. The molecule has 3 rings (SSSR count). The van der Waals surface area contributed by atoms with Crippen molar-refractivity contribution in [1.82, 2.24) is 14.7 Å². The summed E-state index contributed by atoms with van der Waals surface area (Å²) in [5.74, 6) is -1.08. The Morgan fingerprint density at radius 2 is 1.39 bits per heavy atom. The topological polar surface area (TPSA) is 81.2 Å². The van der Waals surface area contributed by atoms with E-state index in [4.69, 9.17) is 0 Å². The molecule has 3 aliphatic heterocycles. The first-order chi connectivity index (χ1) is 11.1. The second kappa shape index (κ2) is 6.76. The Balaban J connectivity index is 1.53. The Morgan fingerprint density at radius 1 is 0.783 bits per heavy atom. The molecule has 7 heteroatoms. The van der Waals surface area contributed by atoms with Crippen LogP contribution >= 0.6 is 0 Å². The van der Waals surface area contributed by atoms with Crippen molar-refractivity contribution in [3.05, 3.63) is 0 Å². The van der Waals surface area contributed by atoms with Gasteiger partial charge in [-0.25, -0.2) is 9.59 Å². The van der Waals surface area contributed by atoms with E-state index in [0.717, 1.165) is 32.4 Å². The molecule has 3 amide bonds. The van der Waals surface area contributed by atoms with Crippen LogP contribution in [0.5, 0.6) is 0 Å². The second-order valence-corrected chi connectivity index (χ2v) is 6.77. The van der Waals surface area contributed by atoms with Crippen LogP contribution in [0.4, 0.5) is 4.79 Å². The van der Waals surface area contributed by atoms with Gasteiger partial charge in [-0.1, -0.05) is 0 Å². The van der Waals surface area contributed by atoms with Crippen molar-refractivity contribution in [3.8, 4) is 0 Å². The molecule has 128 valence electrons. The number of carboxylic acid groups (broad SMARTS) is 1. The summed E-state index contributed by atoms with van der Waals surface area (Å²) in [4.78, 5) is 41.5. The Hall–Kier alpha value is -1.79. The van der Waals surface area contributed by atoms with E-state index in [1.54, 1.807) is 0 Å². The molecule has 3 heterocycles. The summed E-state index contributed by atoms with van der Waals surface area (Å²) in [5.41, 5.74) is 0. The molecule has 0 aromatic rings. The fraction of sp³-hybridized carbons (Fsp3) is 0.812. The summed E-state index contributed by atoms with van der Waals surface area (Å²) in [6.45, 7) is 3.41. The van der Waals surface area contributed by atoms with Crippen LogP contribution in [0.15, 0.2) is 0 Å². The Bertz CT molecular complexity index is 482. The van der Waals surface area contributed by atoms with Crippen LogP contribution in [0.25, 0.3) is 0 Å². The number of piperidine rings is 1. The largest absolute Gasteiger partial charge is 0.480 e. The third-order valence-corrected chi connectivity index (χ3v) is 5.31. The van der Waals surface area contributed by atoms with Crippen LogP contribution in [0.1, 0.15) is 38.5 Å². The molecule has 0 aliphatic carbocycles.